The van der Waals surface area contributed by atoms with Gasteiger partial charge in [-0.1, -0.05) is 6.07 Å². The predicted octanol–water partition coefficient (Wildman–Crippen LogP) is 3.00. The Kier molecular flexibility index (Phi) is 5.12. The second kappa shape index (κ2) is 7.56. The Balaban J connectivity index is 2.07. The van der Waals surface area contributed by atoms with Crippen LogP contribution in [-0.4, -0.2) is 47.9 Å². The van der Waals surface area contributed by atoms with Gasteiger partial charge in [0.05, 0.1) is 36.7 Å². The first kappa shape index (κ1) is 19.0. The lowest BCUT2D eigenvalue weighted by Crippen LogP contribution is -2.49. The minimum atomic E-state index is -0.0449. The van der Waals surface area contributed by atoms with Gasteiger partial charge in [-0.25, -0.2) is 4.98 Å². The highest BCUT2D eigenvalue weighted by Gasteiger charge is 2.26. The van der Waals surface area contributed by atoms with Crippen LogP contribution in [0, 0.1) is 6.92 Å². The zero-order valence-corrected chi connectivity index (χ0v) is 17.1. The summed E-state index contributed by atoms with van der Waals surface area (Å²) in [5, 5.41) is 1.16. The van der Waals surface area contributed by atoms with Crippen molar-refractivity contribution in [3.63, 3.8) is 0 Å². The van der Waals surface area contributed by atoms with Gasteiger partial charge < -0.3 is 19.0 Å². The van der Waals surface area contributed by atoms with Crippen LogP contribution in [-0.2, 0) is 16.1 Å². The van der Waals surface area contributed by atoms with E-state index in [9.17, 15) is 9.59 Å². The third-order valence-electron chi connectivity index (χ3n) is 5.36. The average molecular weight is 398 g/mol. The first-order chi connectivity index (χ1) is 13.6. The molecule has 0 radical (unpaired) electrons. The van der Waals surface area contributed by atoms with Gasteiger partial charge in [0.15, 0.2) is 5.43 Å². The maximum atomic E-state index is 13.2. The summed E-state index contributed by atoms with van der Waals surface area (Å²) < 4.78 is 7.22. The second-order valence-corrected chi connectivity index (χ2v) is 7.75. The summed E-state index contributed by atoms with van der Waals surface area (Å²) >= 11 is 1.58. The summed E-state index contributed by atoms with van der Waals surface area (Å²) in [4.78, 5) is 32.7. The highest BCUT2D eigenvalue weighted by Crippen LogP contribution is 2.31. The number of aromatic nitrogens is 2. The van der Waals surface area contributed by atoms with E-state index in [4.69, 9.17) is 9.72 Å². The Bertz CT molecular complexity index is 1120. The normalized spacial score (nSPS) is 14.4. The molecule has 1 aliphatic heterocycles. The molecule has 0 N–H and O–H groups in total. The molecule has 146 valence electrons. The van der Waals surface area contributed by atoms with E-state index in [-0.39, 0.29) is 12.0 Å². The third kappa shape index (κ3) is 2.89. The number of aldehydes is 1. The molecule has 0 unspecified atom stereocenters. The molecule has 7 heteroatoms. The second-order valence-electron chi connectivity index (χ2n) is 6.94. The van der Waals surface area contributed by atoms with Crippen molar-refractivity contribution >= 4 is 45.8 Å². The fourth-order valence-corrected chi connectivity index (χ4v) is 4.68. The molecular weight excluding hydrogens is 374 g/mol. The number of hydrogen-bond acceptors (Lipinski definition) is 6. The number of ether oxygens (including phenoxy) is 1. The van der Waals surface area contributed by atoms with Crippen LogP contribution < -0.4 is 10.3 Å². The Labute approximate surface area is 167 Å². The number of benzene rings is 1. The van der Waals surface area contributed by atoms with E-state index in [1.165, 1.54) is 0 Å². The molecule has 6 nitrogen and oxygen atoms in total. The number of pyridine rings is 2. The van der Waals surface area contributed by atoms with Crippen LogP contribution in [0.15, 0.2) is 34.0 Å². The minimum absolute atomic E-state index is 0.0449. The largest absolute Gasteiger partial charge is 0.377 e. The van der Waals surface area contributed by atoms with Gasteiger partial charge in [0.25, 0.3) is 0 Å². The van der Waals surface area contributed by atoms with E-state index in [0.717, 1.165) is 34.6 Å². The molecule has 3 heterocycles. The maximum absolute atomic E-state index is 13.2. The summed E-state index contributed by atoms with van der Waals surface area (Å²) in [5.74, 6) is 0.806. The summed E-state index contributed by atoms with van der Waals surface area (Å²) in [6.07, 6.45) is 2.85. The van der Waals surface area contributed by atoms with E-state index in [0.29, 0.717) is 35.7 Å². The molecule has 0 atom stereocenters. The number of rotatable bonds is 6. The zero-order valence-electron chi connectivity index (χ0n) is 16.3. The lowest BCUT2D eigenvalue weighted by atomic mass is 10.1. The molecule has 2 aromatic heterocycles. The molecule has 3 aromatic rings. The van der Waals surface area contributed by atoms with Gasteiger partial charge in [-0.2, -0.15) is 0 Å². The minimum Gasteiger partial charge on any atom is -0.377 e. The van der Waals surface area contributed by atoms with Gasteiger partial charge in [0.1, 0.15) is 17.8 Å². The number of hydrogen-bond donors (Lipinski definition) is 0. The molecule has 1 aromatic carbocycles. The predicted molar refractivity (Wildman–Crippen MR) is 114 cm³/mol. The Morgan fingerprint density at radius 2 is 2.04 bits per heavy atom. The van der Waals surface area contributed by atoms with Crippen LogP contribution in [0.25, 0.3) is 21.9 Å². The van der Waals surface area contributed by atoms with E-state index < -0.39 is 0 Å². The number of anilines is 1. The van der Waals surface area contributed by atoms with Gasteiger partial charge in [-0.3, -0.25) is 4.79 Å². The van der Waals surface area contributed by atoms with Crippen LogP contribution in [0.2, 0.25) is 0 Å². The molecule has 0 bridgehead atoms. The van der Waals surface area contributed by atoms with Gasteiger partial charge in [-0.15, -0.1) is 11.8 Å². The standard InChI is InChI=1S/C21H23N3O3S/c1-4-23(14-11-27-12-14)17-8-7-16-19(26)15-6-5-13(2)20(28-3)18(15)24(9-10-25)21(16)22-17/h5-8,10,14H,4,9,11-12H2,1-3H3. The number of aryl methyl sites for hydroxylation is 1. The lowest BCUT2D eigenvalue weighted by molar-refractivity contribution is -0.108. The molecule has 28 heavy (non-hydrogen) atoms. The maximum Gasteiger partial charge on any atom is 0.198 e. The summed E-state index contributed by atoms with van der Waals surface area (Å²) in [5.41, 5.74) is 2.38. The van der Waals surface area contributed by atoms with Crippen molar-refractivity contribution in [2.75, 3.05) is 30.9 Å². The number of likely N-dealkylation sites (N-methyl/N-ethyl adjacent to an activating group) is 1. The van der Waals surface area contributed by atoms with E-state index >= 15 is 0 Å². The van der Waals surface area contributed by atoms with Crippen LogP contribution in [0.1, 0.15) is 12.5 Å². The molecule has 0 amide bonds. The molecule has 1 fully saturated rings. The monoisotopic (exact) mass is 397 g/mol. The van der Waals surface area contributed by atoms with E-state index in [1.54, 1.807) is 11.8 Å². The highest BCUT2D eigenvalue weighted by molar-refractivity contribution is 7.98. The van der Waals surface area contributed by atoms with Gasteiger partial charge >= 0.3 is 0 Å². The SMILES string of the molecule is CCN(c1ccc2c(=O)c3ccc(C)c(SC)c3n(CC=O)c2n1)C1COC1. The summed E-state index contributed by atoms with van der Waals surface area (Å²) in [7, 11) is 0. The van der Waals surface area contributed by atoms with Gasteiger partial charge in [0.2, 0.25) is 0 Å². The van der Waals surface area contributed by atoms with Crippen molar-refractivity contribution in [1.29, 1.82) is 0 Å². The number of thioether (sulfide) groups is 1. The van der Waals surface area contributed by atoms with Crippen LogP contribution in [0.4, 0.5) is 5.82 Å². The van der Waals surface area contributed by atoms with Gasteiger partial charge in [-0.05, 0) is 43.9 Å². The van der Waals surface area contributed by atoms with Crippen molar-refractivity contribution in [1.82, 2.24) is 9.55 Å². The number of fused-ring (bicyclic) bond motifs is 2. The molecular formula is C21H23N3O3S. The molecule has 4 rings (SSSR count). The van der Waals surface area contributed by atoms with Crippen molar-refractivity contribution in [3.05, 3.63) is 40.1 Å². The fourth-order valence-electron chi connectivity index (χ4n) is 3.88. The molecule has 0 aliphatic carbocycles. The van der Waals surface area contributed by atoms with Crippen LogP contribution in [0.5, 0.6) is 0 Å². The fraction of sp³-hybridized carbons (Fsp3) is 0.381. The Morgan fingerprint density at radius 3 is 2.64 bits per heavy atom. The number of carbonyl (C=O) groups is 1. The summed E-state index contributed by atoms with van der Waals surface area (Å²) in [6, 6.07) is 7.84. The highest BCUT2D eigenvalue weighted by atomic mass is 32.2. The van der Waals surface area contributed by atoms with Crippen LogP contribution in [0.3, 0.4) is 0 Å². The number of carbonyl (C=O) groups excluding carboxylic acids is 1. The zero-order chi connectivity index (χ0) is 19.8. The number of nitrogens with zero attached hydrogens (tertiary/aromatic N) is 3. The van der Waals surface area contributed by atoms with Crippen molar-refractivity contribution in [2.24, 2.45) is 0 Å². The van der Waals surface area contributed by atoms with Crippen molar-refractivity contribution < 1.29 is 9.53 Å². The lowest BCUT2D eigenvalue weighted by Gasteiger charge is -2.37. The topological polar surface area (TPSA) is 64.4 Å². The quantitative estimate of drug-likeness (QED) is 0.362. The molecule has 1 saturated heterocycles. The van der Waals surface area contributed by atoms with E-state index in [1.807, 2.05) is 42.0 Å². The Hall–Kier alpha value is -2.38. The van der Waals surface area contributed by atoms with E-state index in [2.05, 4.69) is 11.8 Å². The van der Waals surface area contributed by atoms with Crippen LogP contribution >= 0.6 is 11.8 Å². The van der Waals surface area contributed by atoms with Crippen molar-refractivity contribution in [2.45, 2.75) is 31.3 Å². The molecule has 0 spiro atoms. The summed E-state index contributed by atoms with van der Waals surface area (Å²) in [6.45, 7) is 6.42. The molecule has 1 aliphatic rings. The first-order valence-electron chi connectivity index (χ1n) is 9.39. The van der Waals surface area contributed by atoms with Gasteiger partial charge in [0, 0.05) is 16.8 Å². The third-order valence-corrected chi connectivity index (χ3v) is 6.28. The average Bonchev–Trinajstić information content (AvgIpc) is 2.67. The molecule has 0 saturated carbocycles. The van der Waals surface area contributed by atoms with Crippen molar-refractivity contribution in [3.8, 4) is 0 Å². The smallest absolute Gasteiger partial charge is 0.198 e. The Morgan fingerprint density at radius 1 is 1.29 bits per heavy atom. The first-order valence-corrected chi connectivity index (χ1v) is 10.6.